The highest BCUT2D eigenvalue weighted by Gasteiger charge is 2.10. The number of benzene rings is 1. The zero-order chi connectivity index (χ0) is 14.5. The molecular formula is C16H19NO3. The second-order valence-electron chi connectivity index (χ2n) is 4.62. The molecule has 1 N–H and O–H groups in total. The fraction of sp³-hybridized carbons (Fsp3) is 0.312. The van der Waals surface area contributed by atoms with E-state index in [1.165, 1.54) is 0 Å². The first-order valence-electron chi connectivity index (χ1n) is 6.71. The highest BCUT2D eigenvalue weighted by Crippen LogP contribution is 2.28. The molecule has 0 amide bonds. The Balaban J connectivity index is 2.31. The van der Waals surface area contributed by atoms with E-state index in [2.05, 4.69) is 17.9 Å². The minimum atomic E-state index is 0.134. The Morgan fingerprint density at radius 1 is 1.30 bits per heavy atom. The fourth-order valence-electron chi connectivity index (χ4n) is 2.27. The van der Waals surface area contributed by atoms with Crippen molar-refractivity contribution in [3.63, 3.8) is 0 Å². The van der Waals surface area contributed by atoms with Gasteiger partial charge in [-0.25, -0.2) is 0 Å². The van der Waals surface area contributed by atoms with Crippen LogP contribution in [0.15, 0.2) is 34.7 Å². The summed E-state index contributed by atoms with van der Waals surface area (Å²) in [7, 11) is 0. The maximum Gasteiger partial charge on any atom is 0.185 e. The summed E-state index contributed by atoms with van der Waals surface area (Å²) in [6, 6.07) is 9.52. The number of hydrogen-bond acceptors (Lipinski definition) is 4. The van der Waals surface area contributed by atoms with Gasteiger partial charge in [0.15, 0.2) is 12.0 Å². The molecule has 2 rings (SSSR count). The Morgan fingerprint density at radius 2 is 2.10 bits per heavy atom. The number of nitrogens with zero attached hydrogens (tertiary/aromatic N) is 1. The third kappa shape index (κ3) is 2.91. The third-order valence-corrected chi connectivity index (χ3v) is 3.34. The number of rotatable bonds is 6. The van der Waals surface area contributed by atoms with E-state index in [0.29, 0.717) is 24.4 Å². The second kappa shape index (κ2) is 6.39. The van der Waals surface area contributed by atoms with E-state index >= 15 is 0 Å². The number of hydrogen-bond donors (Lipinski definition) is 1. The molecule has 0 fully saturated rings. The lowest BCUT2D eigenvalue weighted by atomic mass is 10.1. The molecule has 0 aliphatic carbocycles. The zero-order valence-corrected chi connectivity index (χ0v) is 11.8. The van der Waals surface area contributed by atoms with Crippen LogP contribution in [0.25, 0.3) is 11.3 Å². The van der Waals surface area contributed by atoms with Crippen LogP contribution in [0.5, 0.6) is 0 Å². The molecular weight excluding hydrogens is 254 g/mol. The molecule has 20 heavy (non-hydrogen) atoms. The summed E-state index contributed by atoms with van der Waals surface area (Å²) in [5.41, 5.74) is 3.12. The summed E-state index contributed by atoms with van der Waals surface area (Å²) in [4.78, 5) is 12.8. The number of aliphatic hydroxyl groups excluding tert-OH is 1. The van der Waals surface area contributed by atoms with Gasteiger partial charge in [0, 0.05) is 24.3 Å². The van der Waals surface area contributed by atoms with E-state index in [4.69, 9.17) is 9.52 Å². The van der Waals surface area contributed by atoms with Crippen molar-refractivity contribution in [3.05, 3.63) is 41.7 Å². The summed E-state index contributed by atoms with van der Waals surface area (Å²) in [5, 5.41) is 9.07. The predicted octanol–water partition coefficient (Wildman–Crippen LogP) is 2.89. The van der Waals surface area contributed by atoms with Gasteiger partial charge >= 0.3 is 0 Å². The van der Waals surface area contributed by atoms with Crippen LogP contribution in [0.1, 0.15) is 23.0 Å². The smallest absolute Gasteiger partial charge is 0.185 e. The van der Waals surface area contributed by atoms with Crippen LogP contribution in [-0.2, 0) is 0 Å². The maximum atomic E-state index is 10.7. The van der Waals surface area contributed by atoms with Crippen LogP contribution in [-0.4, -0.2) is 31.1 Å². The van der Waals surface area contributed by atoms with Crippen LogP contribution < -0.4 is 4.90 Å². The van der Waals surface area contributed by atoms with Crippen LogP contribution in [0.3, 0.4) is 0 Å². The standard InChI is InChI=1S/C16H19NO3/c1-3-17(8-9-18)13-4-6-15(12(2)10-13)16-7-5-14(11-19)20-16/h4-7,10-11,18H,3,8-9H2,1-2H3. The lowest BCUT2D eigenvalue weighted by molar-refractivity contribution is 0.110. The number of aldehydes is 1. The largest absolute Gasteiger partial charge is 0.453 e. The van der Waals surface area contributed by atoms with Crippen LogP contribution >= 0.6 is 0 Å². The SMILES string of the molecule is CCN(CCO)c1ccc(-c2ccc(C=O)o2)c(C)c1. The van der Waals surface area contributed by atoms with Gasteiger partial charge in [0.25, 0.3) is 0 Å². The lowest BCUT2D eigenvalue weighted by Crippen LogP contribution is -2.26. The van der Waals surface area contributed by atoms with Crippen molar-refractivity contribution >= 4 is 12.0 Å². The van der Waals surface area contributed by atoms with Crippen molar-refractivity contribution in [1.29, 1.82) is 0 Å². The molecule has 0 spiro atoms. The van der Waals surface area contributed by atoms with Crippen molar-refractivity contribution in [2.45, 2.75) is 13.8 Å². The molecule has 106 valence electrons. The molecule has 0 atom stereocenters. The number of carbonyl (C=O) groups excluding carboxylic acids is 1. The first-order chi connectivity index (χ1) is 9.69. The van der Waals surface area contributed by atoms with E-state index in [-0.39, 0.29) is 6.61 Å². The minimum Gasteiger partial charge on any atom is -0.453 e. The topological polar surface area (TPSA) is 53.7 Å². The number of likely N-dealkylation sites (N-methyl/N-ethyl adjacent to an activating group) is 1. The Bertz CT molecular complexity index is 589. The Hall–Kier alpha value is -2.07. The van der Waals surface area contributed by atoms with Gasteiger partial charge in [0.2, 0.25) is 0 Å². The molecule has 0 bridgehead atoms. The second-order valence-corrected chi connectivity index (χ2v) is 4.62. The molecule has 0 unspecified atom stereocenters. The zero-order valence-electron chi connectivity index (χ0n) is 11.8. The first-order valence-corrected chi connectivity index (χ1v) is 6.71. The number of anilines is 1. The first kappa shape index (κ1) is 14.3. The van der Waals surface area contributed by atoms with Crippen LogP contribution in [0.2, 0.25) is 0 Å². The van der Waals surface area contributed by atoms with Crippen LogP contribution in [0.4, 0.5) is 5.69 Å². The van der Waals surface area contributed by atoms with E-state index in [9.17, 15) is 4.79 Å². The molecule has 0 saturated heterocycles. The van der Waals surface area contributed by atoms with Gasteiger partial charge in [-0.2, -0.15) is 0 Å². The molecule has 0 radical (unpaired) electrons. The summed E-state index contributed by atoms with van der Waals surface area (Å²) in [5.74, 6) is 1.03. The molecule has 2 aromatic rings. The Labute approximate surface area is 118 Å². The van der Waals surface area contributed by atoms with Gasteiger partial charge in [-0.05, 0) is 49.7 Å². The molecule has 0 aliphatic rings. The van der Waals surface area contributed by atoms with Crippen LogP contribution in [0, 0.1) is 6.92 Å². The number of aryl methyl sites for hydroxylation is 1. The van der Waals surface area contributed by atoms with Crippen molar-refractivity contribution < 1.29 is 14.3 Å². The van der Waals surface area contributed by atoms with Gasteiger partial charge in [0.05, 0.1) is 6.61 Å². The summed E-state index contributed by atoms with van der Waals surface area (Å²) in [6.07, 6.45) is 0.702. The molecule has 4 heteroatoms. The highest BCUT2D eigenvalue weighted by atomic mass is 16.3. The van der Waals surface area contributed by atoms with Gasteiger partial charge < -0.3 is 14.4 Å². The molecule has 1 heterocycles. The molecule has 0 aliphatic heterocycles. The average molecular weight is 273 g/mol. The maximum absolute atomic E-state index is 10.7. The summed E-state index contributed by atoms with van der Waals surface area (Å²) in [6.45, 7) is 5.66. The third-order valence-electron chi connectivity index (χ3n) is 3.34. The van der Waals surface area contributed by atoms with Crippen molar-refractivity contribution in [1.82, 2.24) is 0 Å². The summed E-state index contributed by atoms with van der Waals surface area (Å²) >= 11 is 0. The normalized spacial score (nSPS) is 10.6. The fourth-order valence-corrected chi connectivity index (χ4v) is 2.27. The molecule has 1 aromatic heterocycles. The number of carbonyl (C=O) groups is 1. The lowest BCUT2D eigenvalue weighted by Gasteiger charge is -2.22. The molecule has 0 saturated carbocycles. The van der Waals surface area contributed by atoms with E-state index in [1.807, 2.05) is 19.1 Å². The quantitative estimate of drug-likeness (QED) is 0.822. The number of furan rings is 1. The summed E-state index contributed by atoms with van der Waals surface area (Å²) < 4.78 is 5.45. The predicted molar refractivity (Wildman–Crippen MR) is 79.2 cm³/mol. The monoisotopic (exact) mass is 273 g/mol. The van der Waals surface area contributed by atoms with Crippen molar-refractivity contribution in [2.24, 2.45) is 0 Å². The van der Waals surface area contributed by atoms with Crippen molar-refractivity contribution in [3.8, 4) is 11.3 Å². The van der Waals surface area contributed by atoms with Gasteiger partial charge in [-0.3, -0.25) is 4.79 Å². The minimum absolute atomic E-state index is 0.134. The van der Waals surface area contributed by atoms with Gasteiger partial charge in [-0.1, -0.05) is 0 Å². The van der Waals surface area contributed by atoms with Gasteiger partial charge in [0.1, 0.15) is 5.76 Å². The van der Waals surface area contributed by atoms with E-state index < -0.39 is 0 Å². The average Bonchev–Trinajstić information content (AvgIpc) is 2.93. The highest BCUT2D eigenvalue weighted by molar-refractivity contribution is 5.74. The molecule has 4 nitrogen and oxygen atoms in total. The molecule has 1 aromatic carbocycles. The Kier molecular flexibility index (Phi) is 4.58. The van der Waals surface area contributed by atoms with E-state index in [0.717, 1.165) is 23.4 Å². The number of aliphatic hydroxyl groups is 1. The van der Waals surface area contributed by atoms with E-state index in [1.54, 1.807) is 12.1 Å². The van der Waals surface area contributed by atoms with Crippen molar-refractivity contribution in [2.75, 3.05) is 24.6 Å². The van der Waals surface area contributed by atoms with Gasteiger partial charge in [-0.15, -0.1) is 0 Å². The Morgan fingerprint density at radius 3 is 2.65 bits per heavy atom.